The van der Waals surface area contributed by atoms with Crippen LogP contribution in [-0.2, 0) is 9.53 Å². The Kier molecular flexibility index (Phi) is 10.0. The summed E-state index contributed by atoms with van der Waals surface area (Å²) in [6.45, 7) is 1.88. The van der Waals surface area contributed by atoms with E-state index in [4.69, 9.17) is 14.7 Å². The Balaban J connectivity index is 1.30. The van der Waals surface area contributed by atoms with Crippen LogP contribution in [0.25, 0.3) is 0 Å². The number of rotatable bonds is 10. The van der Waals surface area contributed by atoms with Crippen LogP contribution in [-0.4, -0.2) is 50.0 Å². The Morgan fingerprint density at radius 2 is 2.21 bits per heavy atom. The second kappa shape index (κ2) is 14.1. The maximum absolute atomic E-state index is 13.9. The lowest BCUT2D eigenvalue weighted by Gasteiger charge is -2.28. The van der Waals surface area contributed by atoms with Crippen LogP contribution >= 0.6 is 0 Å². The van der Waals surface area contributed by atoms with Gasteiger partial charge in [0.05, 0.1) is 11.8 Å². The van der Waals surface area contributed by atoms with E-state index < -0.39 is 5.82 Å². The van der Waals surface area contributed by atoms with Crippen LogP contribution in [0.3, 0.4) is 0 Å². The van der Waals surface area contributed by atoms with E-state index in [1.165, 1.54) is 35.6 Å². The first-order valence-corrected chi connectivity index (χ1v) is 13.1. The summed E-state index contributed by atoms with van der Waals surface area (Å²) in [5.41, 5.74) is 4.44. The van der Waals surface area contributed by atoms with E-state index in [0.29, 0.717) is 13.1 Å². The largest absolute Gasteiger partial charge is 0.461 e. The van der Waals surface area contributed by atoms with Gasteiger partial charge >= 0.3 is 0 Å². The van der Waals surface area contributed by atoms with E-state index in [9.17, 15) is 9.18 Å². The van der Waals surface area contributed by atoms with Crippen LogP contribution in [0.4, 0.5) is 4.39 Å². The molecular weight excluding hydrogens is 495 g/mol. The van der Waals surface area contributed by atoms with Crippen molar-refractivity contribution in [2.24, 2.45) is 4.99 Å². The molecule has 1 N–H and O–H groups in total. The highest BCUT2D eigenvalue weighted by molar-refractivity contribution is 5.92. The third kappa shape index (κ3) is 7.88. The number of amides is 1. The number of nitrogens with one attached hydrogen (secondary N) is 1. The average molecular weight is 529 g/mol. The van der Waals surface area contributed by atoms with Gasteiger partial charge < -0.3 is 19.7 Å². The minimum Gasteiger partial charge on any atom is -0.461 e. The molecule has 1 aliphatic carbocycles. The Morgan fingerprint density at radius 3 is 2.95 bits per heavy atom. The molecule has 3 aliphatic rings. The molecule has 2 heterocycles. The molecule has 0 bridgehead atoms. The fraction of sp³-hybridized carbons (Fsp3) is 0.323. The third-order valence-corrected chi connectivity index (χ3v) is 6.63. The molecule has 1 saturated heterocycles. The summed E-state index contributed by atoms with van der Waals surface area (Å²) in [5, 5.41) is 12.6. The zero-order valence-corrected chi connectivity index (χ0v) is 22.1. The van der Waals surface area contributed by atoms with Crippen molar-refractivity contribution in [1.82, 2.24) is 10.2 Å². The number of halogens is 1. The Labute approximate surface area is 229 Å². The van der Waals surface area contributed by atoms with Crippen LogP contribution in [0.15, 0.2) is 94.4 Å². The van der Waals surface area contributed by atoms with E-state index >= 15 is 0 Å². The molecule has 1 aromatic carbocycles. The van der Waals surface area contributed by atoms with Crippen molar-refractivity contribution < 1.29 is 18.7 Å². The maximum atomic E-state index is 13.9. The number of ether oxygens (including phenoxy) is 2. The predicted molar refractivity (Wildman–Crippen MR) is 149 cm³/mol. The number of carbonyl (C=O) groups excluding carboxylic acids is 1. The van der Waals surface area contributed by atoms with Gasteiger partial charge in [-0.25, -0.2) is 4.39 Å². The van der Waals surface area contributed by atoms with Crippen molar-refractivity contribution in [2.45, 2.75) is 38.3 Å². The average Bonchev–Trinajstić information content (AvgIpc) is 3.30. The van der Waals surface area contributed by atoms with Gasteiger partial charge in [0, 0.05) is 44.7 Å². The quantitative estimate of drug-likeness (QED) is 0.254. The molecule has 1 fully saturated rings. The van der Waals surface area contributed by atoms with Gasteiger partial charge in [0.15, 0.2) is 11.6 Å². The SMILES string of the molecule is C/N=C\C=C(/NC1CCCCO1)C1=CC=C(CN2CC(/C=C\C=C\Oc3c(F)cccc3C#N)=CC2=O)CC1. The van der Waals surface area contributed by atoms with Crippen LogP contribution in [0.2, 0.25) is 0 Å². The Bertz CT molecular complexity index is 1310. The topological polar surface area (TPSA) is 86.9 Å². The highest BCUT2D eigenvalue weighted by Gasteiger charge is 2.22. The number of aliphatic imine (C=N–C) groups is 1. The number of para-hydroxylation sites is 1. The molecule has 0 radical (unpaired) electrons. The van der Waals surface area contributed by atoms with Crippen molar-refractivity contribution in [3.05, 3.63) is 101 Å². The highest BCUT2D eigenvalue weighted by Crippen LogP contribution is 2.26. The lowest BCUT2D eigenvalue weighted by molar-refractivity contribution is -0.124. The van der Waals surface area contributed by atoms with Gasteiger partial charge in [-0.2, -0.15) is 5.26 Å². The zero-order chi connectivity index (χ0) is 27.5. The van der Waals surface area contributed by atoms with Gasteiger partial charge in [0.2, 0.25) is 5.91 Å². The molecular formula is C31H33FN4O3. The van der Waals surface area contributed by atoms with Crippen LogP contribution in [0, 0.1) is 17.1 Å². The van der Waals surface area contributed by atoms with E-state index in [1.807, 2.05) is 23.1 Å². The van der Waals surface area contributed by atoms with Gasteiger partial charge in [-0.05, 0) is 67.5 Å². The summed E-state index contributed by atoms with van der Waals surface area (Å²) in [4.78, 5) is 18.5. The summed E-state index contributed by atoms with van der Waals surface area (Å²) >= 11 is 0. The molecule has 39 heavy (non-hydrogen) atoms. The van der Waals surface area contributed by atoms with Crippen LogP contribution < -0.4 is 10.1 Å². The monoisotopic (exact) mass is 528 g/mol. The standard InChI is InChI=1S/C31H33FN4O3/c1-34-16-15-28(35-29-10-3-5-17-38-29)25-13-11-23(12-14-25)21-36-22-24(19-30(36)37)7-2-4-18-39-31-26(20-33)8-6-9-27(31)32/h2,4,6-9,11,13,15-16,18-19,29,35H,3,5,10,12,14,17,21-22H2,1H3/b7-2-,18-4+,28-15-,34-16-. The van der Waals surface area contributed by atoms with Crippen LogP contribution in [0.1, 0.15) is 37.7 Å². The number of benzene rings is 1. The van der Waals surface area contributed by atoms with Gasteiger partial charge in [-0.15, -0.1) is 0 Å². The van der Waals surface area contributed by atoms with Gasteiger partial charge in [0.1, 0.15) is 12.3 Å². The minimum atomic E-state index is -0.599. The van der Waals surface area contributed by atoms with E-state index in [1.54, 1.807) is 31.5 Å². The molecule has 0 aromatic heterocycles. The number of allylic oxidation sites excluding steroid dienone is 6. The van der Waals surface area contributed by atoms with Gasteiger partial charge in [0.25, 0.3) is 0 Å². The Hall–Kier alpha value is -4.22. The molecule has 1 atom stereocenters. The summed E-state index contributed by atoms with van der Waals surface area (Å²) in [5.74, 6) is -0.729. The fourth-order valence-electron chi connectivity index (χ4n) is 4.58. The molecule has 1 amide bonds. The van der Waals surface area contributed by atoms with Crippen molar-refractivity contribution in [3.63, 3.8) is 0 Å². The first-order chi connectivity index (χ1) is 19.1. The number of nitrogens with zero attached hydrogens (tertiary/aromatic N) is 3. The van der Waals surface area contributed by atoms with Crippen molar-refractivity contribution >= 4 is 12.1 Å². The molecule has 202 valence electrons. The van der Waals surface area contributed by atoms with Crippen LogP contribution in [0.5, 0.6) is 5.75 Å². The van der Waals surface area contributed by atoms with E-state index in [-0.39, 0.29) is 23.4 Å². The molecule has 2 aliphatic heterocycles. The number of hydrogen-bond donors (Lipinski definition) is 1. The second-order valence-electron chi connectivity index (χ2n) is 9.45. The Morgan fingerprint density at radius 1 is 1.31 bits per heavy atom. The zero-order valence-electron chi connectivity index (χ0n) is 22.1. The number of nitriles is 1. The predicted octanol–water partition coefficient (Wildman–Crippen LogP) is 5.26. The highest BCUT2D eigenvalue weighted by atomic mass is 19.1. The van der Waals surface area contributed by atoms with Crippen molar-refractivity contribution in [2.75, 3.05) is 26.7 Å². The lowest BCUT2D eigenvalue weighted by atomic mass is 9.95. The van der Waals surface area contributed by atoms with Crippen molar-refractivity contribution in [1.29, 1.82) is 5.26 Å². The van der Waals surface area contributed by atoms with Gasteiger partial charge in [-0.1, -0.05) is 35.9 Å². The number of hydrogen-bond acceptors (Lipinski definition) is 6. The summed E-state index contributed by atoms with van der Waals surface area (Å²) in [6, 6.07) is 6.09. The minimum absolute atomic E-state index is 0.0218. The van der Waals surface area contributed by atoms with Gasteiger partial charge in [-0.3, -0.25) is 9.79 Å². The molecule has 7 nitrogen and oxygen atoms in total. The smallest absolute Gasteiger partial charge is 0.247 e. The van der Waals surface area contributed by atoms with E-state index in [2.05, 4.69) is 22.5 Å². The second-order valence-corrected chi connectivity index (χ2v) is 9.45. The number of carbonyl (C=O) groups is 1. The fourth-order valence-corrected chi connectivity index (χ4v) is 4.58. The lowest BCUT2D eigenvalue weighted by Crippen LogP contribution is -2.35. The first kappa shape index (κ1) is 27.8. The molecule has 1 aromatic rings. The molecule has 0 spiro atoms. The van der Waals surface area contributed by atoms with Crippen molar-refractivity contribution in [3.8, 4) is 11.8 Å². The summed E-state index contributed by atoms with van der Waals surface area (Å²) in [6.07, 6.45) is 21.1. The molecule has 0 saturated carbocycles. The molecule has 1 unspecified atom stereocenters. The first-order valence-electron chi connectivity index (χ1n) is 13.1. The summed E-state index contributed by atoms with van der Waals surface area (Å²) < 4.78 is 25.0. The maximum Gasteiger partial charge on any atom is 0.247 e. The summed E-state index contributed by atoms with van der Waals surface area (Å²) in [7, 11) is 1.75. The third-order valence-electron chi connectivity index (χ3n) is 6.63. The molecule has 8 heteroatoms. The molecule has 4 rings (SSSR count). The normalized spacial score (nSPS) is 20.4. The van der Waals surface area contributed by atoms with E-state index in [0.717, 1.165) is 50.0 Å².